The summed E-state index contributed by atoms with van der Waals surface area (Å²) < 4.78 is 0. The molecule has 0 spiro atoms. The summed E-state index contributed by atoms with van der Waals surface area (Å²) in [7, 11) is 0. The molecule has 0 saturated heterocycles. The zero-order chi connectivity index (χ0) is 12.8. The van der Waals surface area contributed by atoms with Crippen LogP contribution in [0.5, 0.6) is 0 Å². The van der Waals surface area contributed by atoms with Crippen LogP contribution in [-0.2, 0) is 11.3 Å². The van der Waals surface area contributed by atoms with E-state index in [1.54, 1.807) is 6.07 Å². The van der Waals surface area contributed by atoms with Crippen LogP contribution in [0.15, 0.2) is 29.2 Å². The van der Waals surface area contributed by atoms with Crippen LogP contribution in [0.25, 0.3) is 0 Å². The molecule has 0 bridgehead atoms. The Morgan fingerprint density at radius 1 is 1.44 bits per heavy atom. The Bertz CT molecular complexity index is 519. The number of carbonyl (C=O) groups is 1. The Balaban J connectivity index is 1.77. The molecule has 0 radical (unpaired) electrons. The van der Waals surface area contributed by atoms with E-state index in [1.165, 1.54) is 11.8 Å². The first-order valence-corrected chi connectivity index (χ1v) is 6.48. The summed E-state index contributed by atoms with van der Waals surface area (Å²) in [6, 6.07) is 7.40. The van der Waals surface area contributed by atoms with Gasteiger partial charge in [-0.05, 0) is 12.1 Å². The quantitative estimate of drug-likeness (QED) is 0.807. The Hall–Kier alpha value is -1.60. The number of carbonyl (C=O) groups excluding carboxylic acids is 1. The number of aromatic amines is 1. The second kappa shape index (κ2) is 6.36. The third-order valence-electron chi connectivity index (χ3n) is 2.03. The highest BCUT2D eigenvalue weighted by Gasteiger charge is 2.06. The van der Waals surface area contributed by atoms with E-state index in [-0.39, 0.29) is 12.5 Å². The van der Waals surface area contributed by atoms with Crippen LogP contribution in [0.4, 0.5) is 0 Å². The number of halogens is 1. The molecule has 0 aliphatic carbocycles. The van der Waals surface area contributed by atoms with Crippen molar-refractivity contribution in [2.45, 2.75) is 11.4 Å². The van der Waals surface area contributed by atoms with E-state index in [9.17, 15) is 4.79 Å². The molecular formula is C10H10ClN5OS. The van der Waals surface area contributed by atoms with Crippen LogP contribution in [0.2, 0.25) is 5.02 Å². The minimum absolute atomic E-state index is 0.107. The summed E-state index contributed by atoms with van der Waals surface area (Å²) >= 11 is 7.37. The lowest BCUT2D eigenvalue weighted by molar-refractivity contribution is -0.118. The van der Waals surface area contributed by atoms with Crippen molar-refractivity contribution in [2.24, 2.45) is 0 Å². The van der Waals surface area contributed by atoms with Crippen LogP contribution < -0.4 is 5.32 Å². The third-order valence-corrected chi connectivity index (χ3v) is 3.54. The van der Waals surface area contributed by atoms with Gasteiger partial charge in [-0.3, -0.25) is 4.79 Å². The number of hydrogen-bond acceptors (Lipinski definition) is 5. The maximum atomic E-state index is 11.6. The Kier molecular flexibility index (Phi) is 4.54. The van der Waals surface area contributed by atoms with Gasteiger partial charge < -0.3 is 5.32 Å². The molecule has 6 nitrogen and oxygen atoms in total. The minimum Gasteiger partial charge on any atom is -0.348 e. The molecule has 8 heteroatoms. The highest BCUT2D eigenvalue weighted by atomic mass is 35.5. The summed E-state index contributed by atoms with van der Waals surface area (Å²) in [4.78, 5) is 12.4. The second-order valence-corrected chi connectivity index (χ2v) is 4.75. The first kappa shape index (κ1) is 12.8. The van der Waals surface area contributed by atoms with Crippen molar-refractivity contribution in [3.05, 3.63) is 35.1 Å². The summed E-state index contributed by atoms with van der Waals surface area (Å²) in [6.45, 7) is 0.262. The number of nitrogens with one attached hydrogen (secondary N) is 2. The van der Waals surface area contributed by atoms with Crippen molar-refractivity contribution in [1.82, 2.24) is 25.9 Å². The van der Waals surface area contributed by atoms with E-state index in [4.69, 9.17) is 11.6 Å². The third kappa shape index (κ3) is 3.71. The molecule has 94 valence electrons. The lowest BCUT2D eigenvalue weighted by Gasteiger charge is -2.04. The van der Waals surface area contributed by atoms with Crippen molar-refractivity contribution in [3.63, 3.8) is 0 Å². The molecule has 2 N–H and O–H groups in total. The predicted molar refractivity (Wildman–Crippen MR) is 68.2 cm³/mol. The molecule has 0 aliphatic heterocycles. The van der Waals surface area contributed by atoms with Crippen LogP contribution in [0, 0.1) is 0 Å². The molecule has 0 saturated carbocycles. The average Bonchev–Trinajstić information content (AvgIpc) is 2.88. The van der Waals surface area contributed by atoms with E-state index in [0.717, 1.165) is 4.90 Å². The fourth-order valence-corrected chi connectivity index (χ4v) is 2.26. The zero-order valence-corrected chi connectivity index (χ0v) is 10.8. The molecule has 2 aromatic rings. The largest absolute Gasteiger partial charge is 0.348 e. The fourth-order valence-electron chi connectivity index (χ4n) is 1.19. The number of benzene rings is 1. The topological polar surface area (TPSA) is 83.6 Å². The minimum atomic E-state index is -0.107. The summed E-state index contributed by atoms with van der Waals surface area (Å²) in [6.07, 6.45) is 0. The van der Waals surface area contributed by atoms with Gasteiger partial charge in [0.2, 0.25) is 5.91 Å². The lowest BCUT2D eigenvalue weighted by Crippen LogP contribution is -2.25. The van der Waals surface area contributed by atoms with Gasteiger partial charge in [-0.15, -0.1) is 22.0 Å². The molecule has 18 heavy (non-hydrogen) atoms. The zero-order valence-electron chi connectivity index (χ0n) is 9.26. The summed E-state index contributed by atoms with van der Waals surface area (Å²) in [5.74, 6) is 0.637. The number of nitrogens with zero attached hydrogens (tertiary/aromatic N) is 3. The van der Waals surface area contributed by atoms with Gasteiger partial charge in [0.1, 0.15) is 0 Å². The van der Waals surface area contributed by atoms with E-state index < -0.39 is 0 Å². The van der Waals surface area contributed by atoms with E-state index in [1.807, 2.05) is 18.2 Å². The van der Waals surface area contributed by atoms with Crippen LogP contribution in [0.3, 0.4) is 0 Å². The van der Waals surface area contributed by atoms with E-state index >= 15 is 0 Å². The van der Waals surface area contributed by atoms with Crippen LogP contribution >= 0.6 is 23.4 Å². The van der Waals surface area contributed by atoms with Gasteiger partial charge in [-0.1, -0.05) is 28.9 Å². The number of rotatable bonds is 5. The predicted octanol–water partition coefficient (Wildman–Crippen LogP) is 1.26. The monoisotopic (exact) mass is 283 g/mol. The van der Waals surface area contributed by atoms with Gasteiger partial charge in [0.25, 0.3) is 0 Å². The van der Waals surface area contributed by atoms with Gasteiger partial charge in [-0.2, -0.15) is 5.21 Å². The number of hydrogen-bond donors (Lipinski definition) is 2. The molecule has 0 aliphatic rings. The maximum absolute atomic E-state index is 11.6. The van der Waals surface area contributed by atoms with Crippen molar-refractivity contribution >= 4 is 29.3 Å². The van der Waals surface area contributed by atoms with E-state index in [2.05, 4.69) is 25.9 Å². The molecule has 2 rings (SSSR count). The molecule has 0 fully saturated rings. The normalized spacial score (nSPS) is 10.3. The summed E-state index contributed by atoms with van der Waals surface area (Å²) in [5.41, 5.74) is 0. The number of tetrazole rings is 1. The Labute approximate surface area is 112 Å². The molecule has 0 unspecified atom stereocenters. The van der Waals surface area contributed by atoms with Gasteiger partial charge in [0, 0.05) is 4.90 Å². The molecule has 0 atom stereocenters. The fraction of sp³-hybridized carbons (Fsp3) is 0.200. The molecule has 1 heterocycles. The SMILES string of the molecule is O=C(CSc1ccccc1Cl)NCc1nn[nH]n1. The smallest absolute Gasteiger partial charge is 0.230 e. The standard InChI is InChI=1S/C10H10ClN5OS/c11-7-3-1-2-4-8(7)18-6-10(17)12-5-9-13-15-16-14-9/h1-4H,5-6H2,(H,12,17)(H,13,14,15,16). The Morgan fingerprint density at radius 3 is 3.00 bits per heavy atom. The Morgan fingerprint density at radius 2 is 2.28 bits per heavy atom. The van der Waals surface area contributed by atoms with Gasteiger partial charge in [-0.25, -0.2) is 0 Å². The molecule has 1 amide bonds. The van der Waals surface area contributed by atoms with E-state index in [0.29, 0.717) is 16.6 Å². The summed E-state index contributed by atoms with van der Waals surface area (Å²) in [5, 5.41) is 16.5. The second-order valence-electron chi connectivity index (χ2n) is 3.32. The van der Waals surface area contributed by atoms with Crippen molar-refractivity contribution in [3.8, 4) is 0 Å². The highest BCUT2D eigenvalue weighted by molar-refractivity contribution is 8.00. The highest BCUT2D eigenvalue weighted by Crippen LogP contribution is 2.26. The number of amides is 1. The first-order chi connectivity index (χ1) is 8.75. The lowest BCUT2D eigenvalue weighted by atomic mass is 10.4. The van der Waals surface area contributed by atoms with Crippen molar-refractivity contribution in [1.29, 1.82) is 0 Å². The molecule has 1 aromatic heterocycles. The van der Waals surface area contributed by atoms with Gasteiger partial charge in [0.15, 0.2) is 5.82 Å². The molecule has 1 aromatic carbocycles. The van der Waals surface area contributed by atoms with Crippen LogP contribution in [-0.4, -0.2) is 32.3 Å². The number of aromatic nitrogens is 4. The first-order valence-electron chi connectivity index (χ1n) is 5.12. The number of thioether (sulfide) groups is 1. The van der Waals surface area contributed by atoms with Crippen molar-refractivity contribution < 1.29 is 4.79 Å². The van der Waals surface area contributed by atoms with Gasteiger partial charge in [0.05, 0.1) is 17.3 Å². The maximum Gasteiger partial charge on any atom is 0.230 e. The van der Waals surface area contributed by atoms with Crippen LogP contribution in [0.1, 0.15) is 5.82 Å². The number of H-pyrrole nitrogens is 1. The average molecular weight is 284 g/mol. The molecular weight excluding hydrogens is 274 g/mol. The van der Waals surface area contributed by atoms with Crippen molar-refractivity contribution in [2.75, 3.05) is 5.75 Å². The van der Waals surface area contributed by atoms with Gasteiger partial charge >= 0.3 is 0 Å².